The summed E-state index contributed by atoms with van der Waals surface area (Å²) in [5.74, 6) is 0. The fraction of sp³-hybridized carbons (Fsp3) is 0.300. The number of nitrogens with zero attached hydrogens (tertiary/aromatic N) is 1. The molecule has 6 heteroatoms. The van der Waals surface area contributed by atoms with Crippen LogP contribution >= 0.6 is 0 Å². The number of nitrogens with one attached hydrogen (secondary N) is 1. The predicted octanol–water partition coefficient (Wildman–Crippen LogP) is 3.88. The summed E-state index contributed by atoms with van der Waals surface area (Å²) >= 11 is 0. The Hall–Kier alpha value is -2.18. The summed E-state index contributed by atoms with van der Waals surface area (Å²) in [5, 5.41) is 1.04. The van der Waals surface area contributed by atoms with Crippen LogP contribution in [0.4, 0.5) is 4.39 Å². The molecule has 0 fully saturated rings. The van der Waals surface area contributed by atoms with Crippen LogP contribution in [0.5, 0.6) is 0 Å². The average molecular weight is 374 g/mol. The van der Waals surface area contributed by atoms with E-state index in [1.165, 1.54) is 0 Å². The molecule has 0 aliphatic carbocycles. The number of para-hydroxylation sites is 1. The van der Waals surface area contributed by atoms with Gasteiger partial charge in [-0.25, -0.2) is 17.5 Å². The Morgan fingerprint density at radius 1 is 1.08 bits per heavy atom. The van der Waals surface area contributed by atoms with Gasteiger partial charge in [-0.15, -0.1) is 0 Å². The molecule has 0 amide bonds. The van der Waals surface area contributed by atoms with Gasteiger partial charge >= 0.3 is 0 Å². The third-order valence-electron chi connectivity index (χ3n) is 4.48. The molecule has 0 bridgehead atoms. The van der Waals surface area contributed by atoms with Crippen molar-refractivity contribution >= 4 is 20.9 Å². The molecule has 0 aliphatic heterocycles. The second-order valence-corrected chi connectivity index (χ2v) is 8.38. The minimum absolute atomic E-state index is 0.229. The average Bonchev–Trinajstić information content (AvgIpc) is 2.96. The standard InChI is InChI=1S/C20H23FN2O2S/c1-14-10-15(2)20(16(3)11-14)26(24,25)22-18(12-21)13-23-9-8-17-6-4-5-7-19(17)23/h4-11,18,22H,12-13H2,1-3H3. The molecule has 0 saturated carbocycles. The molecule has 0 aliphatic rings. The highest BCUT2D eigenvalue weighted by Crippen LogP contribution is 2.22. The van der Waals surface area contributed by atoms with Gasteiger partial charge in [0.1, 0.15) is 6.67 Å². The van der Waals surface area contributed by atoms with E-state index in [4.69, 9.17) is 0 Å². The Balaban J connectivity index is 1.88. The van der Waals surface area contributed by atoms with Crippen LogP contribution in [0.25, 0.3) is 10.9 Å². The maximum atomic E-state index is 13.6. The van der Waals surface area contributed by atoms with Crippen LogP contribution in [-0.2, 0) is 16.6 Å². The van der Waals surface area contributed by atoms with Crippen molar-refractivity contribution in [2.45, 2.75) is 38.3 Å². The first-order chi connectivity index (χ1) is 12.3. The molecule has 138 valence electrons. The van der Waals surface area contributed by atoms with E-state index in [1.807, 2.05) is 60.2 Å². The number of hydrogen-bond acceptors (Lipinski definition) is 2. The van der Waals surface area contributed by atoms with Crippen molar-refractivity contribution in [2.75, 3.05) is 6.67 Å². The number of hydrogen-bond donors (Lipinski definition) is 1. The summed E-state index contributed by atoms with van der Waals surface area (Å²) in [6, 6.07) is 12.5. The lowest BCUT2D eigenvalue weighted by molar-refractivity contribution is 0.377. The summed E-state index contributed by atoms with van der Waals surface area (Å²) in [6.07, 6.45) is 1.85. The third-order valence-corrected chi connectivity index (χ3v) is 6.30. The first-order valence-corrected chi connectivity index (χ1v) is 10.00. The Morgan fingerprint density at radius 2 is 1.73 bits per heavy atom. The number of halogens is 1. The predicted molar refractivity (Wildman–Crippen MR) is 103 cm³/mol. The molecule has 2 aromatic carbocycles. The van der Waals surface area contributed by atoms with E-state index in [9.17, 15) is 12.8 Å². The second-order valence-electron chi connectivity index (χ2n) is 6.73. The van der Waals surface area contributed by atoms with Gasteiger partial charge in [0.05, 0.1) is 10.9 Å². The number of sulfonamides is 1. The number of alkyl halides is 1. The van der Waals surface area contributed by atoms with Crippen molar-refractivity contribution in [2.24, 2.45) is 0 Å². The summed E-state index contributed by atoms with van der Waals surface area (Å²) < 4.78 is 43.8. The molecule has 3 rings (SSSR count). The zero-order valence-electron chi connectivity index (χ0n) is 15.2. The largest absolute Gasteiger partial charge is 0.346 e. The molecular weight excluding hydrogens is 351 g/mol. The number of aromatic nitrogens is 1. The molecule has 1 aromatic heterocycles. The summed E-state index contributed by atoms with van der Waals surface area (Å²) in [6.45, 7) is 4.89. The van der Waals surface area contributed by atoms with E-state index < -0.39 is 22.7 Å². The fourth-order valence-electron chi connectivity index (χ4n) is 3.52. The quantitative estimate of drug-likeness (QED) is 0.712. The van der Waals surface area contributed by atoms with Crippen molar-refractivity contribution in [1.29, 1.82) is 0 Å². The third kappa shape index (κ3) is 3.66. The van der Waals surface area contributed by atoms with Crippen molar-refractivity contribution in [1.82, 2.24) is 9.29 Å². The zero-order valence-corrected chi connectivity index (χ0v) is 16.0. The van der Waals surface area contributed by atoms with Crippen LogP contribution in [0, 0.1) is 20.8 Å². The Morgan fingerprint density at radius 3 is 2.38 bits per heavy atom. The Kier molecular flexibility index (Phi) is 5.16. The second kappa shape index (κ2) is 7.21. The number of benzene rings is 2. The molecule has 0 spiro atoms. The molecule has 1 unspecified atom stereocenters. The first kappa shape index (κ1) is 18.6. The van der Waals surface area contributed by atoms with Gasteiger partial charge in [0.15, 0.2) is 0 Å². The highest BCUT2D eigenvalue weighted by Gasteiger charge is 2.24. The summed E-state index contributed by atoms with van der Waals surface area (Å²) in [5.41, 5.74) is 3.28. The van der Waals surface area contributed by atoms with Gasteiger partial charge in [0, 0.05) is 18.3 Å². The summed E-state index contributed by atoms with van der Waals surface area (Å²) in [4.78, 5) is 0.235. The lowest BCUT2D eigenvalue weighted by atomic mass is 10.1. The lowest BCUT2D eigenvalue weighted by Crippen LogP contribution is -2.39. The van der Waals surface area contributed by atoms with E-state index in [2.05, 4.69) is 4.72 Å². The molecule has 3 aromatic rings. The zero-order chi connectivity index (χ0) is 18.9. The van der Waals surface area contributed by atoms with Crippen LogP contribution in [0.1, 0.15) is 16.7 Å². The maximum Gasteiger partial charge on any atom is 0.241 e. The number of fused-ring (bicyclic) bond motifs is 1. The van der Waals surface area contributed by atoms with Gasteiger partial charge in [-0.05, 0) is 49.4 Å². The normalized spacial score (nSPS) is 13.2. The highest BCUT2D eigenvalue weighted by atomic mass is 32.2. The smallest absolute Gasteiger partial charge is 0.241 e. The fourth-order valence-corrected chi connectivity index (χ4v) is 5.18. The molecule has 0 radical (unpaired) electrons. The van der Waals surface area contributed by atoms with Gasteiger partial charge in [-0.1, -0.05) is 35.9 Å². The molecule has 1 N–H and O–H groups in total. The number of rotatable bonds is 6. The van der Waals surface area contributed by atoms with Crippen molar-refractivity contribution in [3.8, 4) is 0 Å². The van der Waals surface area contributed by atoms with Gasteiger partial charge in [-0.2, -0.15) is 0 Å². The maximum absolute atomic E-state index is 13.6. The first-order valence-electron chi connectivity index (χ1n) is 8.52. The minimum Gasteiger partial charge on any atom is -0.346 e. The molecule has 26 heavy (non-hydrogen) atoms. The Labute approximate surface area is 153 Å². The number of aryl methyl sites for hydroxylation is 3. The SMILES string of the molecule is Cc1cc(C)c(S(=O)(=O)NC(CF)Cn2ccc3ccccc32)c(C)c1. The van der Waals surface area contributed by atoms with Crippen LogP contribution in [-0.4, -0.2) is 25.7 Å². The topological polar surface area (TPSA) is 51.1 Å². The molecule has 1 heterocycles. The monoisotopic (exact) mass is 374 g/mol. The van der Waals surface area contributed by atoms with Crippen LogP contribution < -0.4 is 4.72 Å². The van der Waals surface area contributed by atoms with Crippen LogP contribution in [0.2, 0.25) is 0 Å². The van der Waals surface area contributed by atoms with E-state index in [-0.39, 0.29) is 11.4 Å². The minimum atomic E-state index is -3.81. The van der Waals surface area contributed by atoms with Crippen LogP contribution in [0.3, 0.4) is 0 Å². The molecule has 1 atom stereocenters. The highest BCUT2D eigenvalue weighted by molar-refractivity contribution is 7.89. The summed E-state index contributed by atoms with van der Waals surface area (Å²) in [7, 11) is -3.81. The van der Waals surface area contributed by atoms with Crippen molar-refractivity contribution < 1.29 is 12.8 Å². The molecule has 0 saturated heterocycles. The van der Waals surface area contributed by atoms with E-state index in [1.54, 1.807) is 13.8 Å². The molecule has 4 nitrogen and oxygen atoms in total. The van der Waals surface area contributed by atoms with Crippen molar-refractivity contribution in [3.05, 3.63) is 65.4 Å². The van der Waals surface area contributed by atoms with E-state index in [0.717, 1.165) is 16.5 Å². The van der Waals surface area contributed by atoms with Gasteiger partial charge < -0.3 is 4.57 Å². The Bertz CT molecular complexity index is 1020. The lowest BCUT2D eigenvalue weighted by Gasteiger charge is -2.19. The van der Waals surface area contributed by atoms with Gasteiger partial charge in [0.2, 0.25) is 10.0 Å². The van der Waals surface area contributed by atoms with Gasteiger partial charge in [-0.3, -0.25) is 0 Å². The van der Waals surface area contributed by atoms with Gasteiger partial charge in [0.25, 0.3) is 0 Å². The van der Waals surface area contributed by atoms with E-state index >= 15 is 0 Å². The molecular formula is C20H23FN2O2S. The van der Waals surface area contributed by atoms with Crippen LogP contribution in [0.15, 0.2) is 53.6 Å². The van der Waals surface area contributed by atoms with E-state index in [0.29, 0.717) is 11.1 Å². The van der Waals surface area contributed by atoms with Crippen molar-refractivity contribution in [3.63, 3.8) is 0 Å².